The summed E-state index contributed by atoms with van der Waals surface area (Å²) in [5, 5.41) is 4.82. The van der Waals surface area contributed by atoms with Crippen LogP contribution in [-0.2, 0) is 17.5 Å². The number of carbonyl (C=O) groups is 1. The zero-order chi connectivity index (χ0) is 21.4. The fraction of sp³-hybridized carbons (Fsp3) is 0.381. The summed E-state index contributed by atoms with van der Waals surface area (Å²) in [5.74, 6) is 0.672. The molecule has 0 spiro atoms. The van der Waals surface area contributed by atoms with Crippen LogP contribution >= 0.6 is 0 Å². The highest BCUT2D eigenvalue weighted by molar-refractivity contribution is 5.90. The Balaban J connectivity index is 1.48. The van der Waals surface area contributed by atoms with Gasteiger partial charge in [0.1, 0.15) is 12.4 Å². The summed E-state index contributed by atoms with van der Waals surface area (Å²) in [7, 11) is 0. The number of para-hydroxylation sites is 1. The molecule has 0 radical (unpaired) electrons. The van der Waals surface area contributed by atoms with Crippen molar-refractivity contribution in [3.8, 4) is 5.75 Å². The Morgan fingerprint density at radius 3 is 2.63 bits per heavy atom. The van der Waals surface area contributed by atoms with E-state index < -0.39 is 17.8 Å². The lowest BCUT2D eigenvalue weighted by molar-refractivity contribution is -0.136. The Morgan fingerprint density at radius 2 is 1.87 bits per heavy atom. The third-order valence-electron chi connectivity index (χ3n) is 4.61. The average Bonchev–Trinajstić information content (AvgIpc) is 2.73. The van der Waals surface area contributed by atoms with E-state index in [4.69, 9.17) is 9.47 Å². The highest BCUT2D eigenvalue weighted by atomic mass is 19.4. The first-order valence-electron chi connectivity index (χ1n) is 9.65. The van der Waals surface area contributed by atoms with Gasteiger partial charge in [-0.2, -0.15) is 13.2 Å². The van der Waals surface area contributed by atoms with Gasteiger partial charge in [-0.3, -0.25) is 4.90 Å². The van der Waals surface area contributed by atoms with E-state index in [1.54, 1.807) is 18.2 Å². The second-order valence-electron chi connectivity index (χ2n) is 6.80. The summed E-state index contributed by atoms with van der Waals surface area (Å²) in [6.07, 6.45) is -4.54. The zero-order valence-corrected chi connectivity index (χ0v) is 16.4. The molecule has 1 fully saturated rings. The molecule has 9 heteroatoms. The van der Waals surface area contributed by atoms with Crippen molar-refractivity contribution < 1.29 is 27.4 Å². The number of alkyl halides is 3. The molecule has 0 unspecified atom stereocenters. The molecule has 0 aromatic heterocycles. The summed E-state index contributed by atoms with van der Waals surface area (Å²) in [6, 6.07) is 11.4. The van der Waals surface area contributed by atoms with Crippen LogP contribution in [0.3, 0.4) is 0 Å². The van der Waals surface area contributed by atoms with Gasteiger partial charge >= 0.3 is 12.2 Å². The smallest absolute Gasteiger partial charge is 0.418 e. The standard InChI is InChI=1S/C21H24F3N3O3/c22-21(23,24)18-6-1-2-7-19(18)26-20(28)25-15-16-4-3-5-17(14-16)30-13-10-27-8-11-29-12-9-27/h1-7,14H,8-13,15H2,(H2,25,26,28). The molecule has 1 aliphatic heterocycles. The average molecular weight is 423 g/mol. The van der Waals surface area contributed by atoms with Crippen LogP contribution in [0, 0.1) is 0 Å². The molecule has 1 saturated heterocycles. The fourth-order valence-electron chi connectivity index (χ4n) is 3.05. The van der Waals surface area contributed by atoms with Gasteiger partial charge in [0.05, 0.1) is 24.5 Å². The number of urea groups is 1. The molecule has 2 amide bonds. The topological polar surface area (TPSA) is 62.8 Å². The minimum Gasteiger partial charge on any atom is -0.492 e. The van der Waals surface area contributed by atoms with Crippen molar-refractivity contribution in [3.05, 3.63) is 59.7 Å². The summed E-state index contributed by atoms with van der Waals surface area (Å²) in [5.41, 5.74) is -0.406. The molecular weight excluding hydrogens is 399 g/mol. The molecule has 2 aromatic rings. The van der Waals surface area contributed by atoms with Gasteiger partial charge in [-0.15, -0.1) is 0 Å². The lowest BCUT2D eigenvalue weighted by atomic mass is 10.1. The molecular formula is C21H24F3N3O3. The number of amides is 2. The third-order valence-corrected chi connectivity index (χ3v) is 4.61. The number of rotatable bonds is 7. The number of hydrogen-bond donors (Lipinski definition) is 2. The predicted molar refractivity (Wildman–Crippen MR) is 106 cm³/mol. The Hall–Kier alpha value is -2.78. The lowest BCUT2D eigenvalue weighted by Gasteiger charge is -2.26. The van der Waals surface area contributed by atoms with E-state index in [-0.39, 0.29) is 12.2 Å². The molecule has 2 aromatic carbocycles. The van der Waals surface area contributed by atoms with Crippen molar-refractivity contribution in [1.82, 2.24) is 10.2 Å². The fourth-order valence-corrected chi connectivity index (χ4v) is 3.05. The van der Waals surface area contributed by atoms with E-state index in [9.17, 15) is 18.0 Å². The van der Waals surface area contributed by atoms with Gasteiger partial charge in [-0.1, -0.05) is 24.3 Å². The maximum atomic E-state index is 13.0. The minimum atomic E-state index is -4.54. The quantitative estimate of drug-likeness (QED) is 0.712. The molecule has 0 atom stereocenters. The van der Waals surface area contributed by atoms with Gasteiger partial charge < -0.3 is 20.1 Å². The highest BCUT2D eigenvalue weighted by Gasteiger charge is 2.33. The highest BCUT2D eigenvalue weighted by Crippen LogP contribution is 2.34. The number of ether oxygens (including phenoxy) is 2. The summed E-state index contributed by atoms with van der Waals surface area (Å²) < 4.78 is 50.1. The van der Waals surface area contributed by atoms with Crippen LogP contribution in [0.5, 0.6) is 5.75 Å². The van der Waals surface area contributed by atoms with Gasteiger partial charge in [-0.05, 0) is 29.8 Å². The minimum absolute atomic E-state index is 0.153. The Labute approximate surface area is 173 Å². The van der Waals surface area contributed by atoms with E-state index in [1.165, 1.54) is 18.2 Å². The first-order chi connectivity index (χ1) is 14.4. The Kier molecular flexibility index (Phi) is 7.53. The number of anilines is 1. The van der Waals surface area contributed by atoms with Crippen LogP contribution in [0.4, 0.5) is 23.7 Å². The lowest BCUT2D eigenvalue weighted by Crippen LogP contribution is -2.38. The van der Waals surface area contributed by atoms with Gasteiger partial charge in [-0.25, -0.2) is 4.79 Å². The maximum Gasteiger partial charge on any atom is 0.418 e. The Morgan fingerprint density at radius 1 is 1.10 bits per heavy atom. The first kappa shape index (κ1) is 21.9. The van der Waals surface area contributed by atoms with Crippen LogP contribution in [0.1, 0.15) is 11.1 Å². The molecule has 162 valence electrons. The van der Waals surface area contributed by atoms with Crippen LogP contribution < -0.4 is 15.4 Å². The maximum absolute atomic E-state index is 13.0. The number of hydrogen-bond acceptors (Lipinski definition) is 4. The largest absolute Gasteiger partial charge is 0.492 e. The molecule has 1 aliphatic rings. The molecule has 0 aliphatic carbocycles. The van der Waals surface area contributed by atoms with E-state index >= 15 is 0 Å². The zero-order valence-electron chi connectivity index (χ0n) is 16.4. The van der Waals surface area contributed by atoms with Crippen molar-refractivity contribution in [2.24, 2.45) is 0 Å². The van der Waals surface area contributed by atoms with E-state index in [1.807, 2.05) is 6.07 Å². The summed E-state index contributed by atoms with van der Waals surface area (Å²) in [6.45, 7) is 4.73. The molecule has 30 heavy (non-hydrogen) atoms. The summed E-state index contributed by atoms with van der Waals surface area (Å²) in [4.78, 5) is 14.3. The number of nitrogens with zero attached hydrogens (tertiary/aromatic N) is 1. The number of carbonyl (C=O) groups excluding carboxylic acids is 1. The first-order valence-corrected chi connectivity index (χ1v) is 9.65. The van der Waals surface area contributed by atoms with Crippen molar-refractivity contribution in [3.63, 3.8) is 0 Å². The number of nitrogens with one attached hydrogen (secondary N) is 2. The van der Waals surface area contributed by atoms with E-state index in [0.29, 0.717) is 12.4 Å². The van der Waals surface area contributed by atoms with Gasteiger partial charge in [0.15, 0.2) is 0 Å². The van der Waals surface area contributed by atoms with Gasteiger partial charge in [0, 0.05) is 26.2 Å². The summed E-state index contributed by atoms with van der Waals surface area (Å²) >= 11 is 0. The van der Waals surface area contributed by atoms with Crippen LogP contribution in [0.2, 0.25) is 0 Å². The van der Waals surface area contributed by atoms with Crippen LogP contribution in [0.15, 0.2) is 48.5 Å². The number of halogens is 3. The molecule has 3 rings (SSSR count). The molecule has 1 heterocycles. The molecule has 2 N–H and O–H groups in total. The van der Waals surface area contributed by atoms with Gasteiger partial charge in [0.25, 0.3) is 0 Å². The predicted octanol–water partition coefficient (Wildman–Crippen LogP) is 3.74. The second kappa shape index (κ2) is 10.3. The second-order valence-corrected chi connectivity index (χ2v) is 6.80. The normalized spacial score (nSPS) is 14.9. The van der Waals surface area contributed by atoms with Crippen molar-refractivity contribution in [2.45, 2.75) is 12.7 Å². The third kappa shape index (κ3) is 6.64. The van der Waals surface area contributed by atoms with E-state index in [2.05, 4.69) is 15.5 Å². The van der Waals surface area contributed by atoms with E-state index in [0.717, 1.165) is 44.5 Å². The van der Waals surface area contributed by atoms with Crippen LogP contribution in [0.25, 0.3) is 0 Å². The van der Waals surface area contributed by atoms with Gasteiger partial charge in [0.2, 0.25) is 0 Å². The van der Waals surface area contributed by atoms with Crippen molar-refractivity contribution in [1.29, 1.82) is 0 Å². The monoisotopic (exact) mass is 423 g/mol. The van der Waals surface area contributed by atoms with Crippen molar-refractivity contribution >= 4 is 11.7 Å². The van der Waals surface area contributed by atoms with Crippen molar-refractivity contribution in [2.75, 3.05) is 44.8 Å². The number of morpholine rings is 1. The van der Waals surface area contributed by atoms with Crippen LogP contribution in [-0.4, -0.2) is 50.4 Å². The molecule has 0 saturated carbocycles. The molecule has 6 nitrogen and oxygen atoms in total. The number of benzene rings is 2. The Bertz CT molecular complexity index is 839. The SMILES string of the molecule is O=C(NCc1cccc(OCCN2CCOCC2)c1)Nc1ccccc1C(F)(F)F. The molecule has 0 bridgehead atoms.